The minimum Gasteiger partial charge on any atom is -0.388 e. The van der Waals surface area contributed by atoms with Crippen molar-refractivity contribution in [3.8, 4) is 0 Å². The fourth-order valence-corrected chi connectivity index (χ4v) is 4.09. The molecule has 4 nitrogen and oxygen atoms in total. The van der Waals surface area contributed by atoms with E-state index in [2.05, 4.69) is 34.7 Å². The van der Waals surface area contributed by atoms with E-state index in [1.807, 2.05) is 36.4 Å². The van der Waals surface area contributed by atoms with Crippen LogP contribution in [0.15, 0.2) is 54.6 Å². The van der Waals surface area contributed by atoms with E-state index >= 15 is 0 Å². The Morgan fingerprint density at radius 1 is 1.04 bits per heavy atom. The van der Waals surface area contributed by atoms with E-state index in [0.29, 0.717) is 5.92 Å². The highest BCUT2D eigenvalue weighted by molar-refractivity contribution is 5.75. The molecule has 1 aliphatic rings. The highest BCUT2D eigenvalue weighted by Gasteiger charge is 2.26. The predicted molar refractivity (Wildman–Crippen MR) is 105 cm³/mol. The van der Waals surface area contributed by atoms with Crippen LogP contribution in [0.25, 0.3) is 11.0 Å². The third kappa shape index (κ3) is 3.53. The molecule has 0 radical (unpaired) electrons. The average Bonchev–Trinajstić information content (AvgIpc) is 3.03. The minimum absolute atomic E-state index is 0.335. The number of aryl methyl sites for hydroxylation is 1. The van der Waals surface area contributed by atoms with Crippen LogP contribution in [-0.2, 0) is 13.5 Å². The first kappa shape index (κ1) is 17.3. The van der Waals surface area contributed by atoms with Gasteiger partial charge < -0.3 is 14.6 Å². The zero-order valence-corrected chi connectivity index (χ0v) is 15.4. The number of likely N-dealkylation sites (tertiary alicyclic amines) is 1. The maximum atomic E-state index is 10.6. The first-order valence-electron chi connectivity index (χ1n) is 9.58. The van der Waals surface area contributed by atoms with Crippen LogP contribution in [-0.4, -0.2) is 39.2 Å². The summed E-state index contributed by atoms with van der Waals surface area (Å²) < 4.78 is 2.21. The summed E-state index contributed by atoms with van der Waals surface area (Å²) in [6.45, 7) is 3.14. The number of aliphatic hydroxyl groups excluding tert-OH is 1. The lowest BCUT2D eigenvalue weighted by molar-refractivity contribution is 0.0590. The molecule has 1 aliphatic heterocycles. The van der Waals surface area contributed by atoms with E-state index in [4.69, 9.17) is 4.98 Å². The number of fused-ring (bicyclic) bond motifs is 1. The number of nitrogens with zero attached hydrogens (tertiary/aromatic N) is 3. The van der Waals surface area contributed by atoms with Crippen molar-refractivity contribution < 1.29 is 5.11 Å². The highest BCUT2D eigenvalue weighted by Crippen LogP contribution is 2.30. The van der Waals surface area contributed by atoms with Crippen molar-refractivity contribution in [1.82, 2.24) is 14.5 Å². The maximum absolute atomic E-state index is 10.6. The largest absolute Gasteiger partial charge is 0.388 e. The average molecular weight is 349 g/mol. The topological polar surface area (TPSA) is 41.3 Å². The quantitative estimate of drug-likeness (QED) is 0.766. The van der Waals surface area contributed by atoms with Crippen LogP contribution in [0.2, 0.25) is 0 Å². The molecule has 0 amide bonds. The summed E-state index contributed by atoms with van der Waals surface area (Å²) >= 11 is 0. The van der Waals surface area contributed by atoms with E-state index in [-0.39, 0.29) is 6.10 Å². The molecule has 4 rings (SSSR count). The van der Waals surface area contributed by atoms with Crippen molar-refractivity contribution in [1.29, 1.82) is 0 Å². The van der Waals surface area contributed by atoms with Gasteiger partial charge in [0.15, 0.2) is 0 Å². The zero-order chi connectivity index (χ0) is 17.9. The molecule has 1 atom stereocenters. The van der Waals surface area contributed by atoms with Crippen molar-refractivity contribution in [2.45, 2.75) is 25.4 Å². The summed E-state index contributed by atoms with van der Waals surface area (Å²) in [6.07, 6.45) is 2.74. The molecule has 1 aromatic heterocycles. The van der Waals surface area contributed by atoms with E-state index in [9.17, 15) is 5.11 Å². The van der Waals surface area contributed by atoms with Crippen LogP contribution in [0.1, 0.15) is 30.3 Å². The smallest absolute Gasteiger partial charge is 0.110 e. The van der Waals surface area contributed by atoms with Gasteiger partial charge in [0, 0.05) is 20.0 Å². The number of para-hydroxylation sites is 2. The third-order valence-corrected chi connectivity index (χ3v) is 5.75. The molecule has 0 saturated carbocycles. The molecule has 0 unspecified atom stereocenters. The molecular formula is C22H27N3O. The second-order valence-corrected chi connectivity index (χ2v) is 7.36. The fourth-order valence-electron chi connectivity index (χ4n) is 4.09. The van der Waals surface area contributed by atoms with Gasteiger partial charge in [-0.1, -0.05) is 42.5 Å². The summed E-state index contributed by atoms with van der Waals surface area (Å²) in [6, 6.07) is 18.4. The van der Waals surface area contributed by atoms with Crippen molar-refractivity contribution >= 4 is 11.0 Å². The Hall–Kier alpha value is -2.17. The van der Waals surface area contributed by atoms with Gasteiger partial charge in [0.1, 0.15) is 5.82 Å². The third-order valence-electron chi connectivity index (χ3n) is 5.75. The number of hydrogen-bond acceptors (Lipinski definition) is 3. The highest BCUT2D eigenvalue weighted by atomic mass is 16.3. The Balaban J connectivity index is 1.32. The first-order valence-corrected chi connectivity index (χ1v) is 9.58. The summed E-state index contributed by atoms with van der Waals surface area (Å²) in [5.41, 5.74) is 3.33. The monoisotopic (exact) mass is 349 g/mol. The Morgan fingerprint density at radius 3 is 2.46 bits per heavy atom. The fraction of sp³-hybridized carbons (Fsp3) is 0.409. The van der Waals surface area contributed by atoms with Crippen molar-refractivity contribution in [2.24, 2.45) is 13.0 Å². The van der Waals surface area contributed by atoms with E-state index < -0.39 is 0 Å². The Morgan fingerprint density at radius 2 is 1.73 bits per heavy atom. The summed E-state index contributed by atoms with van der Waals surface area (Å²) in [5.74, 6) is 1.52. The van der Waals surface area contributed by atoms with Gasteiger partial charge in [0.2, 0.25) is 0 Å². The number of piperidine rings is 1. The molecule has 3 aromatic rings. The zero-order valence-electron chi connectivity index (χ0n) is 15.4. The van der Waals surface area contributed by atoms with Crippen LogP contribution < -0.4 is 0 Å². The molecule has 1 saturated heterocycles. The van der Waals surface area contributed by atoms with E-state index in [1.54, 1.807) is 0 Å². The molecule has 0 aliphatic carbocycles. The molecule has 1 N–H and O–H groups in total. The maximum Gasteiger partial charge on any atom is 0.110 e. The van der Waals surface area contributed by atoms with Gasteiger partial charge in [-0.05, 0) is 49.5 Å². The van der Waals surface area contributed by atoms with Gasteiger partial charge in [0.05, 0.1) is 17.1 Å². The lowest BCUT2D eigenvalue weighted by Gasteiger charge is -2.34. The van der Waals surface area contributed by atoms with Gasteiger partial charge in [-0.3, -0.25) is 0 Å². The minimum atomic E-state index is -0.335. The number of rotatable bonds is 5. The Bertz CT molecular complexity index is 850. The van der Waals surface area contributed by atoms with Crippen molar-refractivity contribution in [3.05, 3.63) is 66.0 Å². The SMILES string of the molecule is Cn1c(CCN2CCC([C@H](O)c3ccccc3)CC2)nc2ccccc21. The normalized spacial score (nSPS) is 17.6. The molecule has 0 bridgehead atoms. The van der Waals surface area contributed by atoms with Crippen LogP contribution in [0.3, 0.4) is 0 Å². The van der Waals surface area contributed by atoms with Gasteiger partial charge in [-0.2, -0.15) is 0 Å². The van der Waals surface area contributed by atoms with Crippen molar-refractivity contribution in [2.75, 3.05) is 19.6 Å². The lowest BCUT2D eigenvalue weighted by atomic mass is 9.87. The van der Waals surface area contributed by atoms with Crippen LogP contribution in [0, 0.1) is 5.92 Å². The molecule has 2 heterocycles. The van der Waals surface area contributed by atoms with Crippen LogP contribution in [0.4, 0.5) is 0 Å². The van der Waals surface area contributed by atoms with Gasteiger partial charge in [-0.15, -0.1) is 0 Å². The van der Waals surface area contributed by atoms with Gasteiger partial charge >= 0.3 is 0 Å². The Labute approximate surface area is 155 Å². The van der Waals surface area contributed by atoms with Crippen molar-refractivity contribution in [3.63, 3.8) is 0 Å². The number of aliphatic hydroxyl groups is 1. The molecule has 136 valence electrons. The molecule has 0 spiro atoms. The summed E-state index contributed by atoms with van der Waals surface area (Å²) in [5, 5.41) is 10.6. The Kier molecular flexibility index (Phi) is 5.05. The number of aromatic nitrogens is 2. The standard InChI is InChI=1S/C22H27N3O/c1-24-20-10-6-5-9-19(20)23-21(24)13-16-25-14-11-18(12-15-25)22(26)17-7-3-2-4-8-17/h2-10,18,22,26H,11-16H2,1H3/t22-/m1/s1. The van der Waals surface area contributed by atoms with Crippen LogP contribution in [0.5, 0.6) is 0 Å². The predicted octanol–water partition coefficient (Wildman–Crippen LogP) is 3.56. The molecule has 1 fully saturated rings. The number of benzene rings is 2. The second kappa shape index (κ2) is 7.60. The van der Waals surface area contributed by atoms with Crippen LogP contribution >= 0.6 is 0 Å². The summed E-state index contributed by atoms with van der Waals surface area (Å²) in [7, 11) is 2.10. The molecule has 4 heteroatoms. The van der Waals surface area contributed by atoms with E-state index in [1.165, 1.54) is 5.52 Å². The molecular weight excluding hydrogens is 322 g/mol. The number of hydrogen-bond donors (Lipinski definition) is 1. The number of imidazole rings is 1. The van der Waals surface area contributed by atoms with Gasteiger partial charge in [0.25, 0.3) is 0 Å². The molecule has 26 heavy (non-hydrogen) atoms. The lowest BCUT2D eigenvalue weighted by Crippen LogP contribution is -2.37. The van der Waals surface area contributed by atoms with Gasteiger partial charge in [-0.25, -0.2) is 4.98 Å². The summed E-state index contributed by atoms with van der Waals surface area (Å²) in [4.78, 5) is 7.28. The first-order chi connectivity index (χ1) is 12.7. The second-order valence-electron chi connectivity index (χ2n) is 7.36. The van der Waals surface area contributed by atoms with E-state index in [0.717, 1.165) is 55.8 Å². The molecule has 2 aromatic carbocycles.